The average Bonchev–Trinajstić information content (AvgIpc) is 2.17. The van der Waals surface area contributed by atoms with E-state index in [2.05, 4.69) is 45.0 Å². The molecule has 0 aliphatic carbocycles. The Labute approximate surface area is 102 Å². The molecule has 0 atom stereocenters. The summed E-state index contributed by atoms with van der Waals surface area (Å²) < 4.78 is 0. The molecule has 0 amide bonds. The van der Waals surface area contributed by atoms with Crippen LogP contribution in [0.1, 0.15) is 32.8 Å². The molecule has 0 radical (unpaired) electrons. The molecule has 0 saturated carbocycles. The van der Waals surface area contributed by atoms with Crippen LogP contribution < -0.4 is 0 Å². The van der Waals surface area contributed by atoms with E-state index < -0.39 is 0 Å². The second kappa shape index (κ2) is 5.81. The van der Waals surface area contributed by atoms with Gasteiger partial charge in [-0.1, -0.05) is 32.9 Å². The van der Waals surface area contributed by atoms with Crippen LogP contribution in [0.25, 0.3) is 0 Å². The molecule has 0 heterocycles. The molecule has 0 aromatic heterocycles. The molecule has 1 rings (SSSR count). The molecule has 1 aromatic rings. The van der Waals surface area contributed by atoms with E-state index in [-0.39, 0.29) is 0 Å². The molecule has 0 nitrogen and oxygen atoms in total. The Morgan fingerprint density at radius 1 is 1.13 bits per heavy atom. The fraction of sp³-hybridized carbons (Fsp3) is 0.538. The Hall–Kier alpha value is -0.140. The van der Waals surface area contributed by atoms with Gasteiger partial charge in [-0.15, -0.1) is 23.4 Å². The van der Waals surface area contributed by atoms with Crippen LogP contribution in [0.5, 0.6) is 0 Å². The highest BCUT2D eigenvalue weighted by Crippen LogP contribution is 2.26. The van der Waals surface area contributed by atoms with Gasteiger partial charge in [0.25, 0.3) is 0 Å². The van der Waals surface area contributed by atoms with Crippen molar-refractivity contribution < 1.29 is 0 Å². The number of benzene rings is 1. The summed E-state index contributed by atoms with van der Waals surface area (Å²) in [4.78, 5) is 1.34. The first-order valence-corrected chi connectivity index (χ1v) is 6.81. The van der Waals surface area contributed by atoms with E-state index in [4.69, 9.17) is 11.6 Å². The largest absolute Gasteiger partial charge is 0.126 e. The molecule has 0 aliphatic rings. The van der Waals surface area contributed by atoms with Crippen LogP contribution in [-0.4, -0.2) is 5.75 Å². The van der Waals surface area contributed by atoms with Crippen LogP contribution >= 0.6 is 23.4 Å². The molecule has 0 unspecified atom stereocenters. The quantitative estimate of drug-likeness (QED) is 0.532. The van der Waals surface area contributed by atoms with Crippen molar-refractivity contribution in [2.24, 2.45) is 5.41 Å². The first-order valence-electron chi connectivity index (χ1n) is 5.29. The lowest BCUT2D eigenvalue weighted by atomic mass is 9.94. The molecule has 0 N–H and O–H groups in total. The molecule has 0 saturated heterocycles. The molecule has 0 aliphatic heterocycles. The van der Waals surface area contributed by atoms with Gasteiger partial charge in [-0.3, -0.25) is 0 Å². The van der Waals surface area contributed by atoms with Gasteiger partial charge in [0.15, 0.2) is 0 Å². The van der Waals surface area contributed by atoms with Crippen molar-refractivity contribution in [1.82, 2.24) is 0 Å². The Kier molecular flexibility index (Phi) is 5.01. The summed E-state index contributed by atoms with van der Waals surface area (Å²) in [5, 5.41) is 0. The zero-order chi connectivity index (χ0) is 11.3. The summed E-state index contributed by atoms with van der Waals surface area (Å²) in [6.45, 7) is 6.85. The fourth-order valence-corrected chi connectivity index (χ4v) is 2.61. The summed E-state index contributed by atoms with van der Waals surface area (Å²) >= 11 is 7.66. The Morgan fingerprint density at radius 3 is 2.20 bits per heavy atom. The molecule has 2 heteroatoms. The number of hydrogen-bond acceptors (Lipinski definition) is 1. The summed E-state index contributed by atoms with van der Waals surface area (Å²) in [6.07, 6.45) is 1.24. The maximum atomic E-state index is 5.74. The second-order valence-corrected chi connectivity index (χ2v) is 6.37. The van der Waals surface area contributed by atoms with Gasteiger partial charge in [0, 0.05) is 10.8 Å². The number of halogens is 1. The van der Waals surface area contributed by atoms with Crippen LogP contribution in [0.3, 0.4) is 0 Å². The Bertz CT molecular complexity index is 284. The van der Waals surface area contributed by atoms with Crippen LogP contribution in [0.4, 0.5) is 0 Å². The normalized spacial score (nSPS) is 11.7. The minimum Gasteiger partial charge on any atom is -0.126 e. The predicted octanol–water partition coefficient (Wildman–Crippen LogP) is 4.95. The minimum atomic E-state index is 0.434. The molecule has 0 spiro atoms. The monoisotopic (exact) mass is 242 g/mol. The molecule has 84 valence electrons. The highest BCUT2D eigenvalue weighted by molar-refractivity contribution is 7.99. The average molecular weight is 243 g/mol. The lowest BCUT2D eigenvalue weighted by Gasteiger charge is -2.17. The van der Waals surface area contributed by atoms with Gasteiger partial charge in [-0.05, 0) is 35.3 Å². The highest BCUT2D eigenvalue weighted by Gasteiger charge is 2.09. The van der Waals surface area contributed by atoms with E-state index >= 15 is 0 Å². The molecular weight excluding hydrogens is 224 g/mol. The zero-order valence-corrected chi connectivity index (χ0v) is 11.3. The molecule has 15 heavy (non-hydrogen) atoms. The minimum absolute atomic E-state index is 0.434. The van der Waals surface area contributed by atoms with Crippen molar-refractivity contribution in [3.63, 3.8) is 0 Å². The van der Waals surface area contributed by atoms with Gasteiger partial charge in [-0.25, -0.2) is 0 Å². The van der Waals surface area contributed by atoms with Gasteiger partial charge in [0.2, 0.25) is 0 Å². The summed E-state index contributed by atoms with van der Waals surface area (Å²) in [5.41, 5.74) is 1.63. The van der Waals surface area contributed by atoms with Crippen molar-refractivity contribution in [1.29, 1.82) is 0 Å². The summed E-state index contributed by atoms with van der Waals surface area (Å²) in [5.74, 6) is 1.79. The highest BCUT2D eigenvalue weighted by atomic mass is 35.5. The first kappa shape index (κ1) is 12.9. The third kappa shape index (κ3) is 5.48. The zero-order valence-electron chi connectivity index (χ0n) is 9.72. The molecule has 1 aromatic carbocycles. The van der Waals surface area contributed by atoms with Gasteiger partial charge >= 0.3 is 0 Å². The number of rotatable bonds is 4. The SMILES string of the molecule is CC(C)(C)CCSc1ccc(CCl)cc1. The van der Waals surface area contributed by atoms with E-state index in [0.717, 1.165) is 0 Å². The fourth-order valence-electron chi connectivity index (χ4n) is 1.15. The Morgan fingerprint density at radius 2 is 1.73 bits per heavy atom. The summed E-state index contributed by atoms with van der Waals surface area (Å²) in [7, 11) is 0. The Balaban J connectivity index is 2.38. The van der Waals surface area contributed by atoms with E-state index in [0.29, 0.717) is 11.3 Å². The third-order valence-corrected chi connectivity index (χ3v) is 3.52. The van der Waals surface area contributed by atoms with Crippen molar-refractivity contribution in [2.45, 2.75) is 38.0 Å². The van der Waals surface area contributed by atoms with Crippen LogP contribution in [-0.2, 0) is 5.88 Å². The first-order chi connectivity index (χ1) is 7.01. The third-order valence-electron chi connectivity index (χ3n) is 2.20. The van der Waals surface area contributed by atoms with Gasteiger partial charge in [0.1, 0.15) is 0 Å². The maximum absolute atomic E-state index is 5.74. The van der Waals surface area contributed by atoms with Gasteiger partial charge in [-0.2, -0.15) is 0 Å². The van der Waals surface area contributed by atoms with Crippen molar-refractivity contribution in [2.75, 3.05) is 5.75 Å². The van der Waals surface area contributed by atoms with Crippen LogP contribution in [0.15, 0.2) is 29.2 Å². The maximum Gasteiger partial charge on any atom is 0.0474 e. The smallest absolute Gasteiger partial charge is 0.0474 e. The second-order valence-electron chi connectivity index (χ2n) is 4.94. The number of thioether (sulfide) groups is 1. The number of hydrogen-bond donors (Lipinski definition) is 0. The van der Waals surface area contributed by atoms with Crippen LogP contribution in [0, 0.1) is 5.41 Å². The van der Waals surface area contributed by atoms with Gasteiger partial charge < -0.3 is 0 Å². The van der Waals surface area contributed by atoms with Crippen molar-refractivity contribution >= 4 is 23.4 Å². The van der Waals surface area contributed by atoms with E-state index in [1.165, 1.54) is 22.6 Å². The van der Waals surface area contributed by atoms with E-state index in [1.54, 1.807) is 0 Å². The predicted molar refractivity (Wildman–Crippen MR) is 70.8 cm³/mol. The summed E-state index contributed by atoms with van der Waals surface area (Å²) in [6, 6.07) is 8.52. The lowest BCUT2D eigenvalue weighted by Crippen LogP contribution is -2.05. The lowest BCUT2D eigenvalue weighted by molar-refractivity contribution is 0.401. The van der Waals surface area contributed by atoms with Crippen molar-refractivity contribution in [3.8, 4) is 0 Å². The number of alkyl halides is 1. The van der Waals surface area contributed by atoms with Gasteiger partial charge in [0.05, 0.1) is 0 Å². The molecular formula is C13H19ClS. The molecule has 0 fully saturated rings. The van der Waals surface area contributed by atoms with Crippen molar-refractivity contribution in [3.05, 3.63) is 29.8 Å². The standard InChI is InChI=1S/C13H19ClS/c1-13(2,3)8-9-15-12-6-4-11(10-14)5-7-12/h4-7H,8-10H2,1-3H3. The van der Waals surface area contributed by atoms with E-state index in [1.807, 2.05) is 11.8 Å². The molecule has 0 bridgehead atoms. The van der Waals surface area contributed by atoms with E-state index in [9.17, 15) is 0 Å². The van der Waals surface area contributed by atoms with Crippen LogP contribution in [0.2, 0.25) is 0 Å². The topological polar surface area (TPSA) is 0 Å².